The average molecular weight is 399 g/mol. The Balaban J connectivity index is 1.78. The second-order valence-electron chi connectivity index (χ2n) is 6.41. The summed E-state index contributed by atoms with van der Waals surface area (Å²) < 4.78 is 0. The predicted molar refractivity (Wildman–Crippen MR) is 112 cm³/mol. The first-order valence-corrected chi connectivity index (χ1v) is 10.5. The Labute approximate surface area is 167 Å². The molecule has 0 bridgehead atoms. The van der Waals surface area contributed by atoms with Crippen molar-refractivity contribution in [2.45, 2.75) is 45.5 Å². The zero-order valence-electron chi connectivity index (χ0n) is 16.1. The number of aromatic nitrogens is 3. The molecule has 140 valence electrons. The Morgan fingerprint density at radius 3 is 2.44 bits per heavy atom. The van der Waals surface area contributed by atoms with Gasteiger partial charge in [0.1, 0.15) is 0 Å². The highest BCUT2D eigenvalue weighted by Gasteiger charge is 2.18. The van der Waals surface area contributed by atoms with Gasteiger partial charge in [-0.2, -0.15) is 0 Å². The van der Waals surface area contributed by atoms with Crippen LogP contribution in [-0.2, 0) is 10.5 Å². The van der Waals surface area contributed by atoms with Crippen LogP contribution in [0, 0.1) is 27.7 Å². The van der Waals surface area contributed by atoms with Gasteiger partial charge in [-0.15, -0.1) is 11.3 Å². The van der Waals surface area contributed by atoms with Crippen LogP contribution in [0.15, 0.2) is 34.8 Å². The van der Waals surface area contributed by atoms with Gasteiger partial charge in [-0.1, -0.05) is 23.9 Å². The Bertz CT molecular complexity index is 961. The number of carbonyl (C=O) groups is 1. The third kappa shape index (κ3) is 4.54. The minimum Gasteiger partial charge on any atom is -0.274 e. The molecule has 0 unspecified atom stereocenters. The van der Waals surface area contributed by atoms with Gasteiger partial charge in [0.25, 0.3) is 0 Å². The monoisotopic (exact) mass is 398 g/mol. The van der Waals surface area contributed by atoms with E-state index in [1.807, 2.05) is 57.3 Å². The molecule has 27 heavy (non-hydrogen) atoms. The third-order valence-corrected chi connectivity index (χ3v) is 6.02. The molecular formula is C20H22N4OS2. The standard InChI is InChI=1S/C20H22N4OS2/c1-12-7-6-8-18(9-12)24(16(5)25)20-23-17(11-27-20)10-26-19-21-14(3)13(2)15(4)22-19/h6-9,11H,10H2,1-5H3. The minimum atomic E-state index is -0.0535. The van der Waals surface area contributed by atoms with E-state index in [0.29, 0.717) is 10.9 Å². The number of amides is 1. The molecule has 1 amide bonds. The predicted octanol–water partition coefficient (Wildman–Crippen LogP) is 5.14. The summed E-state index contributed by atoms with van der Waals surface area (Å²) in [6.07, 6.45) is 0. The van der Waals surface area contributed by atoms with Crippen LogP contribution in [0.25, 0.3) is 0 Å². The lowest BCUT2D eigenvalue weighted by Crippen LogP contribution is -2.22. The smallest absolute Gasteiger partial charge is 0.230 e. The molecule has 0 aliphatic carbocycles. The first-order chi connectivity index (χ1) is 12.8. The molecule has 0 aliphatic rings. The maximum absolute atomic E-state index is 12.2. The number of hydrogen-bond acceptors (Lipinski definition) is 6. The van der Waals surface area contributed by atoms with Crippen LogP contribution in [0.3, 0.4) is 0 Å². The molecule has 0 atom stereocenters. The van der Waals surface area contributed by atoms with Crippen molar-refractivity contribution in [3.8, 4) is 0 Å². The quantitative estimate of drug-likeness (QED) is 0.440. The molecule has 2 heterocycles. The molecule has 3 rings (SSSR count). The fraction of sp³-hybridized carbons (Fsp3) is 0.300. The van der Waals surface area contributed by atoms with Crippen molar-refractivity contribution in [1.82, 2.24) is 15.0 Å². The molecule has 5 nitrogen and oxygen atoms in total. The van der Waals surface area contributed by atoms with E-state index < -0.39 is 0 Å². The van der Waals surface area contributed by atoms with E-state index in [-0.39, 0.29) is 5.91 Å². The lowest BCUT2D eigenvalue weighted by atomic mass is 10.2. The lowest BCUT2D eigenvalue weighted by Gasteiger charge is -2.18. The van der Waals surface area contributed by atoms with Gasteiger partial charge in [-0.25, -0.2) is 15.0 Å². The van der Waals surface area contributed by atoms with E-state index in [1.165, 1.54) is 11.3 Å². The van der Waals surface area contributed by atoms with Crippen LogP contribution in [0.1, 0.15) is 35.1 Å². The van der Waals surface area contributed by atoms with Crippen molar-refractivity contribution < 1.29 is 4.79 Å². The highest BCUT2D eigenvalue weighted by atomic mass is 32.2. The van der Waals surface area contributed by atoms with E-state index in [2.05, 4.69) is 15.0 Å². The van der Waals surface area contributed by atoms with Gasteiger partial charge in [0, 0.05) is 29.4 Å². The van der Waals surface area contributed by atoms with Crippen molar-refractivity contribution in [2.75, 3.05) is 4.90 Å². The van der Waals surface area contributed by atoms with Crippen LogP contribution < -0.4 is 4.90 Å². The molecule has 0 radical (unpaired) electrons. The molecule has 2 aromatic heterocycles. The molecule has 1 aromatic carbocycles. The minimum absolute atomic E-state index is 0.0535. The van der Waals surface area contributed by atoms with E-state index in [9.17, 15) is 4.79 Å². The SMILES string of the molecule is CC(=O)N(c1cccc(C)c1)c1nc(CSc2nc(C)c(C)c(C)n2)cs1. The van der Waals surface area contributed by atoms with Gasteiger partial charge in [0.15, 0.2) is 10.3 Å². The fourth-order valence-electron chi connectivity index (χ4n) is 2.60. The van der Waals surface area contributed by atoms with Crippen molar-refractivity contribution >= 4 is 39.8 Å². The summed E-state index contributed by atoms with van der Waals surface area (Å²) >= 11 is 3.03. The summed E-state index contributed by atoms with van der Waals surface area (Å²) in [4.78, 5) is 27.6. The zero-order valence-corrected chi connectivity index (χ0v) is 17.7. The highest BCUT2D eigenvalue weighted by molar-refractivity contribution is 7.98. The largest absolute Gasteiger partial charge is 0.274 e. The van der Waals surface area contributed by atoms with Crippen molar-refractivity contribution in [3.05, 3.63) is 57.9 Å². The van der Waals surface area contributed by atoms with Crippen LogP contribution >= 0.6 is 23.1 Å². The van der Waals surface area contributed by atoms with Gasteiger partial charge in [-0.05, 0) is 51.0 Å². The van der Waals surface area contributed by atoms with Crippen LogP contribution in [0.4, 0.5) is 10.8 Å². The van der Waals surface area contributed by atoms with Gasteiger partial charge >= 0.3 is 0 Å². The molecule has 0 spiro atoms. The number of thioether (sulfide) groups is 1. The Morgan fingerprint density at radius 2 is 1.81 bits per heavy atom. The van der Waals surface area contributed by atoms with Crippen molar-refractivity contribution in [2.24, 2.45) is 0 Å². The fourth-order valence-corrected chi connectivity index (χ4v) is 4.42. The number of hydrogen-bond donors (Lipinski definition) is 0. The first kappa shape index (κ1) is 19.5. The maximum atomic E-state index is 12.2. The Kier molecular flexibility index (Phi) is 5.92. The van der Waals surface area contributed by atoms with Gasteiger partial charge in [0.05, 0.1) is 11.4 Å². The van der Waals surface area contributed by atoms with Crippen LogP contribution in [-0.4, -0.2) is 20.9 Å². The van der Waals surface area contributed by atoms with Crippen molar-refractivity contribution in [1.29, 1.82) is 0 Å². The molecule has 0 aliphatic heterocycles. The second-order valence-corrected chi connectivity index (χ2v) is 8.18. The number of carbonyl (C=O) groups excluding carboxylic acids is 1. The molecule has 0 saturated carbocycles. The summed E-state index contributed by atoms with van der Waals surface area (Å²) in [6.45, 7) is 9.61. The topological polar surface area (TPSA) is 59.0 Å². The van der Waals surface area contributed by atoms with Crippen molar-refractivity contribution in [3.63, 3.8) is 0 Å². The third-order valence-electron chi connectivity index (χ3n) is 4.27. The highest BCUT2D eigenvalue weighted by Crippen LogP contribution is 2.31. The molecule has 7 heteroatoms. The lowest BCUT2D eigenvalue weighted by molar-refractivity contribution is -0.115. The summed E-state index contributed by atoms with van der Waals surface area (Å²) in [5.74, 6) is 0.611. The normalized spacial score (nSPS) is 10.9. The molecule has 3 aromatic rings. The zero-order chi connectivity index (χ0) is 19.6. The van der Waals surface area contributed by atoms with Gasteiger partial charge in [0.2, 0.25) is 5.91 Å². The number of rotatable bonds is 5. The summed E-state index contributed by atoms with van der Waals surface area (Å²) in [7, 11) is 0. The van der Waals surface area contributed by atoms with Crippen LogP contribution in [0.5, 0.6) is 0 Å². The number of benzene rings is 1. The van der Waals surface area contributed by atoms with Gasteiger partial charge < -0.3 is 0 Å². The molecular weight excluding hydrogens is 376 g/mol. The number of nitrogens with zero attached hydrogens (tertiary/aromatic N) is 4. The number of thiazole rings is 1. The Morgan fingerprint density at radius 1 is 1.11 bits per heavy atom. The number of anilines is 2. The molecule has 0 saturated heterocycles. The average Bonchev–Trinajstić information content (AvgIpc) is 3.06. The summed E-state index contributed by atoms with van der Waals surface area (Å²) in [6, 6.07) is 7.88. The Hall–Kier alpha value is -2.25. The first-order valence-electron chi connectivity index (χ1n) is 8.61. The summed E-state index contributed by atoms with van der Waals surface area (Å²) in [5, 5.41) is 3.43. The van der Waals surface area contributed by atoms with E-state index in [1.54, 1.807) is 23.6 Å². The number of aryl methyl sites for hydroxylation is 3. The van der Waals surface area contributed by atoms with E-state index in [0.717, 1.165) is 39.1 Å². The molecule has 0 N–H and O–H groups in total. The second kappa shape index (κ2) is 8.19. The van der Waals surface area contributed by atoms with Gasteiger partial charge in [-0.3, -0.25) is 9.69 Å². The van der Waals surface area contributed by atoms with Crippen LogP contribution in [0.2, 0.25) is 0 Å². The van der Waals surface area contributed by atoms with E-state index >= 15 is 0 Å². The van der Waals surface area contributed by atoms with E-state index in [4.69, 9.17) is 0 Å². The molecule has 0 fully saturated rings. The summed E-state index contributed by atoms with van der Waals surface area (Å²) in [5.41, 5.74) is 6.00. The maximum Gasteiger partial charge on any atom is 0.230 e.